The molecule has 0 saturated heterocycles. The zero-order chi connectivity index (χ0) is 15.3. The van der Waals surface area contributed by atoms with Crippen LogP contribution in [0.1, 0.15) is 56.9 Å². The summed E-state index contributed by atoms with van der Waals surface area (Å²) in [7, 11) is 0. The number of nitrogens with zero attached hydrogens (tertiary/aromatic N) is 2. The third kappa shape index (κ3) is 5.44. The fourth-order valence-corrected chi connectivity index (χ4v) is 2.80. The van der Waals surface area contributed by atoms with Crippen LogP contribution in [0.3, 0.4) is 0 Å². The number of hydrogen-bond acceptors (Lipinski definition) is 3. The second-order valence-electron chi connectivity index (χ2n) is 6.32. The van der Waals surface area contributed by atoms with Gasteiger partial charge in [-0.2, -0.15) is 0 Å². The number of nitrogens with one attached hydrogen (secondary N) is 2. The molecule has 0 bridgehead atoms. The van der Waals surface area contributed by atoms with Crippen molar-refractivity contribution in [3.63, 3.8) is 0 Å². The summed E-state index contributed by atoms with van der Waals surface area (Å²) >= 11 is 0. The molecule has 0 spiro atoms. The van der Waals surface area contributed by atoms with E-state index in [1.165, 1.54) is 25.7 Å². The van der Waals surface area contributed by atoms with Gasteiger partial charge in [-0.25, -0.2) is 9.98 Å². The van der Waals surface area contributed by atoms with Gasteiger partial charge >= 0.3 is 0 Å². The topological polar surface area (TPSA) is 62.5 Å². The van der Waals surface area contributed by atoms with Gasteiger partial charge in [-0.05, 0) is 39.0 Å². The summed E-state index contributed by atoms with van der Waals surface area (Å²) in [6, 6.07) is 0. The minimum atomic E-state index is 0. The van der Waals surface area contributed by atoms with Crippen molar-refractivity contribution in [3.05, 3.63) is 17.3 Å². The molecule has 1 aromatic rings. The predicted molar refractivity (Wildman–Crippen MR) is 101 cm³/mol. The van der Waals surface area contributed by atoms with Crippen LogP contribution in [0.4, 0.5) is 0 Å². The number of aromatic nitrogens is 1. The van der Waals surface area contributed by atoms with Gasteiger partial charge in [0.1, 0.15) is 12.3 Å². The molecule has 0 aromatic carbocycles. The lowest BCUT2D eigenvalue weighted by Crippen LogP contribution is -2.42. The summed E-state index contributed by atoms with van der Waals surface area (Å²) in [5, 5.41) is 6.75. The first-order chi connectivity index (χ1) is 10.0. The molecule has 1 fully saturated rings. The molecule has 5 nitrogen and oxygen atoms in total. The number of rotatable bonds is 5. The second kappa shape index (κ2) is 8.74. The Morgan fingerprint density at radius 1 is 1.27 bits per heavy atom. The number of guanidine groups is 1. The monoisotopic (exact) mass is 420 g/mol. The molecule has 0 atom stereocenters. The van der Waals surface area contributed by atoms with E-state index in [0.717, 1.165) is 30.5 Å². The van der Waals surface area contributed by atoms with Crippen molar-refractivity contribution >= 4 is 29.9 Å². The molecule has 0 aliphatic heterocycles. The molecule has 22 heavy (non-hydrogen) atoms. The van der Waals surface area contributed by atoms with Crippen molar-refractivity contribution in [1.82, 2.24) is 15.6 Å². The quantitative estimate of drug-likeness (QED) is 0.435. The minimum absolute atomic E-state index is 0. The Balaban J connectivity index is 0.00000242. The van der Waals surface area contributed by atoms with Crippen LogP contribution in [0, 0.1) is 19.3 Å². The average Bonchev–Trinajstić information content (AvgIpc) is 3.01. The van der Waals surface area contributed by atoms with E-state index in [1.54, 1.807) is 0 Å². The molecule has 1 heterocycles. The molecular weight excluding hydrogens is 391 g/mol. The lowest BCUT2D eigenvalue weighted by Gasteiger charge is -2.25. The van der Waals surface area contributed by atoms with Crippen LogP contribution in [0.15, 0.2) is 9.41 Å². The Labute approximate surface area is 150 Å². The Morgan fingerprint density at radius 3 is 2.50 bits per heavy atom. The summed E-state index contributed by atoms with van der Waals surface area (Å²) < 4.78 is 5.57. The molecule has 0 radical (unpaired) electrons. The Bertz CT molecular complexity index is 473. The third-order valence-electron chi connectivity index (χ3n) is 4.28. The maximum absolute atomic E-state index is 5.57. The minimum Gasteiger partial charge on any atom is -0.444 e. The molecule has 6 heteroatoms. The molecule has 0 unspecified atom stereocenters. The molecule has 2 rings (SSSR count). The Morgan fingerprint density at radius 2 is 1.95 bits per heavy atom. The van der Waals surface area contributed by atoms with Crippen LogP contribution < -0.4 is 10.6 Å². The molecule has 1 saturated carbocycles. The molecule has 126 valence electrons. The van der Waals surface area contributed by atoms with E-state index in [0.29, 0.717) is 17.9 Å². The third-order valence-corrected chi connectivity index (χ3v) is 4.28. The van der Waals surface area contributed by atoms with Crippen molar-refractivity contribution in [2.24, 2.45) is 10.4 Å². The van der Waals surface area contributed by atoms with Gasteiger partial charge in [0.2, 0.25) is 5.89 Å². The second-order valence-corrected chi connectivity index (χ2v) is 6.32. The van der Waals surface area contributed by atoms with E-state index in [2.05, 4.69) is 34.5 Å². The maximum atomic E-state index is 5.57. The lowest BCUT2D eigenvalue weighted by molar-refractivity contribution is 0.334. The van der Waals surface area contributed by atoms with E-state index < -0.39 is 0 Å². The first kappa shape index (κ1) is 19.3. The first-order valence-electron chi connectivity index (χ1n) is 7.97. The van der Waals surface area contributed by atoms with Crippen molar-refractivity contribution < 1.29 is 4.42 Å². The van der Waals surface area contributed by atoms with Gasteiger partial charge in [-0.1, -0.05) is 19.8 Å². The highest BCUT2D eigenvalue weighted by molar-refractivity contribution is 14.0. The molecule has 0 amide bonds. The van der Waals surface area contributed by atoms with Crippen molar-refractivity contribution in [2.75, 3.05) is 13.1 Å². The Hall–Kier alpha value is -0.790. The zero-order valence-electron chi connectivity index (χ0n) is 14.2. The number of aliphatic imine (C=N–C) groups is 1. The molecular formula is C16H29IN4O. The van der Waals surface area contributed by atoms with E-state index in [9.17, 15) is 0 Å². The largest absolute Gasteiger partial charge is 0.444 e. The van der Waals surface area contributed by atoms with Crippen LogP contribution in [-0.2, 0) is 6.54 Å². The van der Waals surface area contributed by atoms with Gasteiger partial charge in [0, 0.05) is 13.1 Å². The van der Waals surface area contributed by atoms with Crippen LogP contribution in [0.5, 0.6) is 0 Å². The first-order valence-corrected chi connectivity index (χ1v) is 7.97. The van der Waals surface area contributed by atoms with Gasteiger partial charge in [0.05, 0.1) is 5.69 Å². The number of halogens is 1. The summed E-state index contributed by atoms with van der Waals surface area (Å²) in [5.41, 5.74) is 1.35. The van der Waals surface area contributed by atoms with E-state index in [1.807, 2.05) is 13.8 Å². The van der Waals surface area contributed by atoms with Gasteiger partial charge in [-0.15, -0.1) is 24.0 Å². The van der Waals surface area contributed by atoms with Gasteiger partial charge in [-0.3, -0.25) is 0 Å². The van der Waals surface area contributed by atoms with E-state index in [-0.39, 0.29) is 24.0 Å². The standard InChI is InChI=1S/C16H28N4O.HI/c1-5-17-15(19-11-16(4)8-6-7-9-16)18-10-14-20-12(2)13(3)21-14;/h5-11H2,1-4H3,(H2,17,18,19);1H. The molecule has 1 aliphatic rings. The average molecular weight is 420 g/mol. The molecule has 1 aromatic heterocycles. The van der Waals surface area contributed by atoms with Crippen LogP contribution in [0.2, 0.25) is 0 Å². The summed E-state index contributed by atoms with van der Waals surface area (Å²) in [4.78, 5) is 8.93. The van der Waals surface area contributed by atoms with Crippen LogP contribution in [-0.4, -0.2) is 24.0 Å². The van der Waals surface area contributed by atoms with Gasteiger partial charge in [0.25, 0.3) is 0 Å². The maximum Gasteiger partial charge on any atom is 0.216 e. The predicted octanol–water partition coefficient (Wildman–Crippen LogP) is 3.54. The highest BCUT2D eigenvalue weighted by atomic mass is 127. The highest BCUT2D eigenvalue weighted by Crippen LogP contribution is 2.36. The Kier molecular flexibility index (Phi) is 7.65. The van der Waals surface area contributed by atoms with E-state index in [4.69, 9.17) is 4.42 Å². The van der Waals surface area contributed by atoms with Crippen molar-refractivity contribution in [3.8, 4) is 0 Å². The fourth-order valence-electron chi connectivity index (χ4n) is 2.80. The smallest absolute Gasteiger partial charge is 0.216 e. The summed E-state index contributed by atoms with van der Waals surface area (Å²) in [6.07, 6.45) is 5.30. The van der Waals surface area contributed by atoms with Gasteiger partial charge < -0.3 is 15.1 Å². The van der Waals surface area contributed by atoms with Crippen molar-refractivity contribution in [1.29, 1.82) is 0 Å². The number of aryl methyl sites for hydroxylation is 2. The zero-order valence-corrected chi connectivity index (χ0v) is 16.5. The molecule has 1 aliphatic carbocycles. The van der Waals surface area contributed by atoms with Gasteiger partial charge in [0.15, 0.2) is 5.96 Å². The SMILES string of the molecule is CCNC(=NCc1nc(C)c(C)o1)NCC1(C)CCCC1.I. The number of oxazole rings is 1. The summed E-state index contributed by atoms with van der Waals surface area (Å²) in [5.74, 6) is 2.39. The fraction of sp³-hybridized carbons (Fsp3) is 0.750. The van der Waals surface area contributed by atoms with E-state index >= 15 is 0 Å². The van der Waals surface area contributed by atoms with Crippen molar-refractivity contribution in [2.45, 2.75) is 59.9 Å². The van der Waals surface area contributed by atoms with Crippen LogP contribution in [0.25, 0.3) is 0 Å². The lowest BCUT2D eigenvalue weighted by atomic mass is 9.89. The highest BCUT2D eigenvalue weighted by Gasteiger charge is 2.28. The number of hydrogen-bond donors (Lipinski definition) is 2. The van der Waals surface area contributed by atoms with Crippen LogP contribution >= 0.6 is 24.0 Å². The molecule has 2 N–H and O–H groups in total. The normalized spacial score (nSPS) is 17.2. The summed E-state index contributed by atoms with van der Waals surface area (Å²) in [6.45, 7) is 10.6.